The molecule has 1 aromatic heterocycles. The van der Waals surface area contributed by atoms with Crippen LogP contribution in [0, 0.1) is 24.2 Å². The number of para-hydroxylation sites is 1. The van der Waals surface area contributed by atoms with Crippen LogP contribution in [0.3, 0.4) is 0 Å². The Morgan fingerprint density at radius 2 is 2.00 bits per heavy atom. The molecule has 27 heavy (non-hydrogen) atoms. The average molecular weight is 362 g/mol. The van der Waals surface area contributed by atoms with Crippen LogP contribution in [0.4, 0.5) is 11.5 Å². The number of benzene rings is 1. The van der Waals surface area contributed by atoms with E-state index in [0.29, 0.717) is 11.5 Å². The molecule has 1 saturated heterocycles. The maximum absolute atomic E-state index is 12.8. The highest BCUT2D eigenvalue weighted by Gasteiger charge is 2.26. The van der Waals surface area contributed by atoms with Crippen LogP contribution in [0.2, 0.25) is 0 Å². The predicted molar refractivity (Wildman–Crippen MR) is 108 cm³/mol. The summed E-state index contributed by atoms with van der Waals surface area (Å²) in [7, 11) is 0. The highest BCUT2D eigenvalue weighted by molar-refractivity contribution is 5.94. The zero-order valence-corrected chi connectivity index (χ0v) is 16.2. The van der Waals surface area contributed by atoms with Crippen molar-refractivity contribution in [1.82, 2.24) is 4.98 Å². The fourth-order valence-corrected chi connectivity index (χ4v) is 3.58. The lowest BCUT2D eigenvalue weighted by Gasteiger charge is -2.32. The molecule has 1 aliphatic rings. The number of nitrogens with one attached hydrogen (secondary N) is 1. The number of carbonyl (C=O) groups excluding carboxylic acids is 1. The molecular weight excluding hydrogens is 336 g/mol. The number of hydrogen-bond donors (Lipinski definition) is 1. The maximum atomic E-state index is 12.8. The first-order valence-corrected chi connectivity index (χ1v) is 9.51. The molecule has 5 nitrogen and oxygen atoms in total. The third-order valence-corrected chi connectivity index (χ3v) is 5.24. The van der Waals surface area contributed by atoms with E-state index in [1.54, 1.807) is 12.3 Å². The minimum Gasteiger partial charge on any atom is -0.357 e. The molecule has 3 rings (SSSR count). The van der Waals surface area contributed by atoms with Crippen LogP contribution >= 0.6 is 0 Å². The van der Waals surface area contributed by atoms with Crippen molar-refractivity contribution < 1.29 is 4.79 Å². The van der Waals surface area contributed by atoms with Gasteiger partial charge in [0, 0.05) is 30.9 Å². The summed E-state index contributed by atoms with van der Waals surface area (Å²) < 4.78 is 0. The minimum absolute atomic E-state index is 0.0132. The van der Waals surface area contributed by atoms with E-state index in [9.17, 15) is 4.79 Å². The first kappa shape index (κ1) is 18.9. The van der Waals surface area contributed by atoms with E-state index >= 15 is 0 Å². The van der Waals surface area contributed by atoms with E-state index < -0.39 is 0 Å². The summed E-state index contributed by atoms with van der Waals surface area (Å²) in [5, 5.41) is 12.1. The number of nitriles is 1. The smallest absolute Gasteiger partial charge is 0.227 e. The van der Waals surface area contributed by atoms with Gasteiger partial charge in [0.05, 0.1) is 5.56 Å². The Morgan fingerprint density at radius 1 is 1.26 bits per heavy atom. The normalized spacial score (nSPS) is 14.9. The zero-order chi connectivity index (χ0) is 19.4. The second kappa shape index (κ2) is 8.22. The van der Waals surface area contributed by atoms with E-state index in [0.717, 1.165) is 43.0 Å². The van der Waals surface area contributed by atoms with E-state index in [1.807, 2.05) is 25.1 Å². The summed E-state index contributed by atoms with van der Waals surface area (Å²) in [4.78, 5) is 19.4. The van der Waals surface area contributed by atoms with Gasteiger partial charge in [0.1, 0.15) is 11.9 Å². The predicted octanol–water partition coefficient (Wildman–Crippen LogP) is 4.24. The van der Waals surface area contributed by atoms with Gasteiger partial charge in [0.15, 0.2) is 0 Å². The zero-order valence-electron chi connectivity index (χ0n) is 16.2. The quantitative estimate of drug-likeness (QED) is 0.883. The third kappa shape index (κ3) is 4.28. The van der Waals surface area contributed by atoms with Crippen molar-refractivity contribution >= 4 is 17.4 Å². The Labute approximate surface area is 161 Å². The monoisotopic (exact) mass is 362 g/mol. The number of nitrogens with zero attached hydrogens (tertiary/aromatic N) is 3. The first-order chi connectivity index (χ1) is 13.0. The maximum Gasteiger partial charge on any atom is 0.227 e. The SMILES string of the molecule is Cc1cccc(C(C)C)c1NC(=O)C1CCN(c2ccc(C#N)cn2)CC1. The molecule has 1 amide bonds. The second-order valence-electron chi connectivity index (χ2n) is 7.46. The summed E-state index contributed by atoms with van der Waals surface area (Å²) in [5.74, 6) is 1.36. The highest BCUT2D eigenvalue weighted by atomic mass is 16.1. The summed E-state index contributed by atoms with van der Waals surface area (Å²) in [6, 6.07) is 11.9. The molecule has 0 radical (unpaired) electrons. The third-order valence-electron chi connectivity index (χ3n) is 5.24. The van der Waals surface area contributed by atoms with E-state index in [-0.39, 0.29) is 11.8 Å². The molecule has 1 N–H and O–H groups in total. The van der Waals surface area contributed by atoms with Gasteiger partial charge in [-0.15, -0.1) is 0 Å². The molecule has 1 aliphatic heterocycles. The topological polar surface area (TPSA) is 69.0 Å². The van der Waals surface area contributed by atoms with Crippen molar-refractivity contribution in [3.8, 4) is 6.07 Å². The van der Waals surface area contributed by atoms with Crippen LogP contribution in [0.5, 0.6) is 0 Å². The van der Waals surface area contributed by atoms with Gasteiger partial charge in [0.25, 0.3) is 0 Å². The summed E-state index contributed by atoms with van der Waals surface area (Å²) in [6.07, 6.45) is 3.20. The largest absolute Gasteiger partial charge is 0.357 e. The second-order valence-corrected chi connectivity index (χ2v) is 7.46. The molecule has 0 spiro atoms. The minimum atomic E-state index is 0.0132. The van der Waals surface area contributed by atoms with Crippen LogP contribution in [0.25, 0.3) is 0 Å². The van der Waals surface area contributed by atoms with E-state index in [2.05, 4.69) is 41.2 Å². The highest BCUT2D eigenvalue weighted by Crippen LogP contribution is 2.29. The summed E-state index contributed by atoms with van der Waals surface area (Å²) in [6.45, 7) is 7.92. The van der Waals surface area contributed by atoms with Gasteiger partial charge >= 0.3 is 0 Å². The molecule has 0 saturated carbocycles. The lowest BCUT2D eigenvalue weighted by atomic mass is 9.94. The lowest BCUT2D eigenvalue weighted by molar-refractivity contribution is -0.120. The number of carbonyl (C=O) groups is 1. The number of pyridine rings is 1. The van der Waals surface area contributed by atoms with Crippen LogP contribution in [-0.2, 0) is 4.79 Å². The fraction of sp³-hybridized carbons (Fsp3) is 0.409. The molecule has 140 valence electrons. The van der Waals surface area contributed by atoms with Crippen molar-refractivity contribution in [2.24, 2.45) is 5.92 Å². The molecule has 0 unspecified atom stereocenters. The van der Waals surface area contributed by atoms with Gasteiger partial charge in [-0.25, -0.2) is 4.98 Å². The van der Waals surface area contributed by atoms with Gasteiger partial charge < -0.3 is 10.2 Å². The van der Waals surface area contributed by atoms with Crippen molar-refractivity contribution in [3.63, 3.8) is 0 Å². The van der Waals surface area contributed by atoms with Gasteiger partial charge in [0.2, 0.25) is 5.91 Å². The first-order valence-electron chi connectivity index (χ1n) is 9.51. The number of hydrogen-bond acceptors (Lipinski definition) is 4. The van der Waals surface area contributed by atoms with Gasteiger partial charge in [-0.1, -0.05) is 32.0 Å². The van der Waals surface area contributed by atoms with Crippen LogP contribution in [0.15, 0.2) is 36.5 Å². The fourth-order valence-electron chi connectivity index (χ4n) is 3.58. The molecule has 1 fully saturated rings. The van der Waals surface area contributed by atoms with Gasteiger partial charge in [-0.2, -0.15) is 5.26 Å². The Bertz CT molecular complexity index is 844. The van der Waals surface area contributed by atoms with Crippen LogP contribution in [0.1, 0.15) is 49.3 Å². The van der Waals surface area contributed by atoms with Gasteiger partial charge in [-0.3, -0.25) is 4.79 Å². The molecule has 1 aromatic carbocycles. The number of anilines is 2. The van der Waals surface area contributed by atoms with Crippen molar-refractivity contribution in [2.75, 3.05) is 23.3 Å². The molecule has 0 aliphatic carbocycles. The van der Waals surface area contributed by atoms with Gasteiger partial charge in [-0.05, 0) is 48.9 Å². The molecule has 0 atom stereocenters. The van der Waals surface area contributed by atoms with Crippen molar-refractivity contribution in [1.29, 1.82) is 5.26 Å². The number of amides is 1. The summed E-state index contributed by atoms with van der Waals surface area (Å²) in [5.41, 5.74) is 3.82. The molecule has 2 heterocycles. The van der Waals surface area contributed by atoms with E-state index in [4.69, 9.17) is 5.26 Å². The molecular formula is C22H26N4O. The van der Waals surface area contributed by atoms with Crippen LogP contribution < -0.4 is 10.2 Å². The number of rotatable bonds is 4. The summed E-state index contributed by atoms with van der Waals surface area (Å²) >= 11 is 0. The Kier molecular flexibility index (Phi) is 5.75. The molecule has 0 bridgehead atoms. The number of piperidine rings is 1. The van der Waals surface area contributed by atoms with E-state index in [1.165, 1.54) is 5.56 Å². The van der Waals surface area contributed by atoms with Crippen molar-refractivity contribution in [2.45, 2.75) is 39.5 Å². The lowest BCUT2D eigenvalue weighted by Crippen LogP contribution is -2.38. The molecule has 5 heteroatoms. The molecule has 2 aromatic rings. The van der Waals surface area contributed by atoms with Crippen LogP contribution in [-0.4, -0.2) is 24.0 Å². The number of aryl methyl sites for hydroxylation is 1. The Balaban J connectivity index is 1.63. The van der Waals surface area contributed by atoms with Crippen molar-refractivity contribution in [3.05, 3.63) is 53.2 Å². The Morgan fingerprint density at radius 3 is 2.59 bits per heavy atom. The number of aromatic nitrogens is 1. The average Bonchev–Trinajstić information content (AvgIpc) is 2.69. The standard InChI is InChI=1S/C22H26N4O/c1-15(2)19-6-4-5-16(3)21(19)25-22(27)18-9-11-26(12-10-18)20-8-7-17(13-23)14-24-20/h4-8,14-15,18H,9-12H2,1-3H3,(H,25,27). The Hall–Kier alpha value is -2.87.